The molecule has 1 fully saturated rings. The molecule has 6 heteroatoms. The van der Waals surface area contributed by atoms with Crippen molar-refractivity contribution < 1.29 is 9.53 Å². The maximum absolute atomic E-state index is 12.2. The summed E-state index contributed by atoms with van der Waals surface area (Å²) >= 11 is 1.62. The lowest BCUT2D eigenvalue weighted by molar-refractivity contribution is 0.0858. The van der Waals surface area contributed by atoms with Gasteiger partial charge in [0.25, 0.3) is 5.91 Å². The summed E-state index contributed by atoms with van der Waals surface area (Å²) in [6.45, 7) is 1.37. The minimum atomic E-state index is -0.0685. The van der Waals surface area contributed by atoms with Crippen LogP contribution < -0.4 is 5.32 Å². The van der Waals surface area contributed by atoms with E-state index in [1.165, 1.54) is 0 Å². The number of ether oxygens (including phenoxy) is 1. The smallest absolute Gasteiger partial charge is 0.251 e. The number of rotatable bonds is 4. The first-order valence-electron chi connectivity index (χ1n) is 8.00. The third-order valence-corrected chi connectivity index (χ3v) is 5.09. The Morgan fingerprint density at radius 3 is 2.92 bits per heavy atom. The lowest BCUT2D eigenvalue weighted by Crippen LogP contribution is -2.31. The molecule has 0 saturated carbocycles. The van der Waals surface area contributed by atoms with Crippen LogP contribution in [0.4, 0.5) is 0 Å². The van der Waals surface area contributed by atoms with Crippen LogP contribution in [0, 0.1) is 0 Å². The quantitative estimate of drug-likeness (QED) is 0.792. The number of nitrogens with one attached hydrogen (secondary N) is 1. The van der Waals surface area contributed by atoms with Crippen molar-refractivity contribution in [3.05, 3.63) is 47.6 Å². The highest BCUT2D eigenvalue weighted by atomic mass is 32.1. The van der Waals surface area contributed by atoms with Gasteiger partial charge in [-0.2, -0.15) is 0 Å². The molecule has 0 bridgehead atoms. The molecule has 2 aromatic heterocycles. The van der Waals surface area contributed by atoms with Gasteiger partial charge in [-0.15, -0.1) is 11.3 Å². The van der Waals surface area contributed by atoms with E-state index in [1.807, 2.05) is 35.7 Å². The number of fused-ring (bicyclic) bond motifs is 1. The molecule has 24 heavy (non-hydrogen) atoms. The van der Waals surface area contributed by atoms with Gasteiger partial charge in [0.15, 0.2) is 0 Å². The van der Waals surface area contributed by atoms with Crippen LogP contribution in [0.25, 0.3) is 21.5 Å². The van der Waals surface area contributed by atoms with E-state index in [-0.39, 0.29) is 12.0 Å². The van der Waals surface area contributed by atoms with Crippen LogP contribution in [0.15, 0.2) is 42.0 Å². The summed E-state index contributed by atoms with van der Waals surface area (Å²) in [6, 6.07) is 9.52. The van der Waals surface area contributed by atoms with Gasteiger partial charge in [0.1, 0.15) is 6.33 Å². The summed E-state index contributed by atoms with van der Waals surface area (Å²) in [5, 5.41) is 4.95. The Hall–Kier alpha value is -2.31. The van der Waals surface area contributed by atoms with Crippen LogP contribution in [0.3, 0.4) is 0 Å². The molecule has 0 radical (unpaired) electrons. The lowest BCUT2D eigenvalue weighted by atomic mass is 10.1. The maximum Gasteiger partial charge on any atom is 0.251 e. The van der Waals surface area contributed by atoms with E-state index in [9.17, 15) is 4.79 Å². The molecule has 0 aliphatic carbocycles. The summed E-state index contributed by atoms with van der Waals surface area (Å²) in [6.07, 6.45) is 3.82. The van der Waals surface area contributed by atoms with Crippen LogP contribution in [0.2, 0.25) is 0 Å². The fourth-order valence-electron chi connectivity index (χ4n) is 2.89. The molecule has 1 atom stereocenters. The Kier molecular flexibility index (Phi) is 4.23. The second kappa shape index (κ2) is 6.67. The summed E-state index contributed by atoms with van der Waals surface area (Å²) in [4.78, 5) is 20.9. The third-order valence-electron chi connectivity index (χ3n) is 4.18. The predicted molar refractivity (Wildman–Crippen MR) is 94.2 cm³/mol. The number of thiophene rings is 1. The SMILES string of the molecule is O=C(NCC1CCCO1)c1ccc(-c2ncnc3ccsc23)cc1. The van der Waals surface area contributed by atoms with E-state index in [1.54, 1.807) is 17.7 Å². The molecule has 1 saturated heterocycles. The fourth-order valence-corrected chi connectivity index (χ4v) is 3.74. The van der Waals surface area contributed by atoms with Crippen molar-refractivity contribution in [2.24, 2.45) is 0 Å². The van der Waals surface area contributed by atoms with Gasteiger partial charge in [0, 0.05) is 24.3 Å². The van der Waals surface area contributed by atoms with Gasteiger partial charge in [-0.05, 0) is 36.4 Å². The zero-order valence-electron chi connectivity index (χ0n) is 13.1. The summed E-state index contributed by atoms with van der Waals surface area (Å²) in [7, 11) is 0. The van der Waals surface area contributed by atoms with Crippen LogP contribution in [0.1, 0.15) is 23.2 Å². The van der Waals surface area contributed by atoms with Crippen molar-refractivity contribution in [1.82, 2.24) is 15.3 Å². The molecule has 3 heterocycles. The molecule has 1 amide bonds. The Bertz CT molecular complexity index is 854. The van der Waals surface area contributed by atoms with Crippen molar-refractivity contribution in [2.45, 2.75) is 18.9 Å². The topological polar surface area (TPSA) is 64.1 Å². The second-order valence-electron chi connectivity index (χ2n) is 5.78. The van der Waals surface area contributed by atoms with E-state index in [4.69, 9.17) is 4.74 Å². The van der Waals surface area contributed by atoms with Crippen molar-refractivity contribution in [1.29, 1.82) is 0 Å². The Balaban J connectivity index is 1.50. The summed E-state index contributed by atoms with van der Waals surface area (Å²) in [5.74, 6) is -0.0685. The number of carbonyl (C=O) groups excluding carboxylic acids is 1. The Morgan fingerprint density at radius 1 is 1.25 bits per heavy atom. The van der Waals surface area contributed by atoms with Gasteiger partial charge < -0.3 is 10.1 Å². The average molecular weight is 339 g/mol. The zero-order chi connectivity index (χ0) is 16.4. The molecule has 1 aliphatic rings. The number of hydrogen-bond donors (Lipinski definition) is 1. The van der Waals surface area contributed by atoms with Crippen molar-refractivity contribution in [3.63, 3.8) is 0 Å². The lowest BCUT2D eigenvalue weighted by Gasteiger charge is -2.11. The molecule has 4 rings (SSSR count). The van der Waals surface area contributed by atoms with Crippen molar-refractivity contribution >= 4 is 27.5 Å². The average Bonchev–Trinajstić information content (AvgIpc) is 3.31. The molecular formula is C18H17N3O2S. The highest BCUT2D eigenvalue weighted by molar-refractivity contribution is 7.17. The van der Waals surface area contributed by atoms with E-state index < -0.39 is 0 Å². The molecule has 3 aromatic rings. The van der Waals surface area contributed by atoms with Crippen molar-refractivity contribution in [2.75, 3.05) is 13.2 Å². The van der Waals surface area contributed by atoms with Crippen LogP contribution in [-0.2, 0) is 4.74 Å². The molecule has 1 aliphatic heterocycles. The molecule has 122 valence electrons. The highest BCUT2D eigenvalue weighted by Gasteiger charge is 2.16. The van der Waals surface area contributed by atoms with E-state index in [2.05, 4.69) is 15.3 Å². The third kappa shape index (κ3) is 3.02. The van der Waals surface area contributed by atoms with Gasteiger partial charge in [-0.1, -0.05) is 12.1 Å². The number of carbonyl (C=O) groups is 1. The number of hydrogen-bond acceptors (Lipinski definition) is 5. The predicted octanol–water partition coefficient (Wildman–Crippen LogP) is 3.27. The van der Waals surface area contributed by atoms with E-state index in [0.29, 0.717) is 12.1 Å². The number of amides is 1. The van der Waals surface area contributed by atoms with Gasteiger partial charge in [-0.25, -0.2) is 9.97 Å². The number of nitrogens with zero attached hydrogens (tertiary/aromatic N) is 2. The standard InChI is InChI=1S/C18H17N3O2S/c22-18(19-10-14-2-1-8-23-14)13-5-3-12(4-6-13)16-17-15(7-9-24-17)20-11-21-16/h3-7,9,11,14H,1-2,8,10H2,(H,19,22). The van der Waals surface area contributed by atoms with Crippen LogP contribution in [-0.4, -0.2) is 35.1 Å². The molecule has 0 spiro atoms. The molecule has 5 nitrogen and oxygen atoms in total. The second-order valence-corrected chi connectivity index (χ2v) is 6.70. The maximum atomic E-state index is 12.2. The monoisotopic (exact) mass is 339 g/mol. The first-order chi connectivity index (χ1) is 11.8. The van der Waals surface area contributed by atoms with E-state index in [0.717, 1.165) is 40.9 Å². The molecule has 1 unspecified atom stereocenters. The van der Waals surface area contributed by atoms with Crippen molar-refractivity contribution in [3.8, 4) is 11.3 Å². The largest absolute Gasteiger partial charge is 0.376 e. The molecule has 1 aromatic carbocycles. The Morgan fingerprint density at radius 2 is 2.12 bits per heavy atom. The first kappa shape index (κ1) is 15.2. The van der Waals surface area contributed by atoms with Gasteiger partial charge in [0.2, 0.25) is 0 Å². The summed E-state index contributed by atoms with van der Waals surface area (Å²) in [5.41, 5.74) is 3.48. The Labute approximate surface area is 143 Å². The van der Waals surface area contributed by atoms with Gasteiger partial charge in [0.05, 0.1) is 22.0 Å². The molecule has 1 N–H and O–H groups in total. The minimum Gasteiger partial charge on any atom is -0.376 e. The van der Waals surface area contributed by atoms with Crippen LogP contribution >= 0.6 is 11.3 Å². The fraction of sp³-hybridized carbons (Fsp3) is 0.278. The van der Waals surface area contributed by atoms with Gasteiger partial charge in [-0.3, -0.25) is 4.79 Å². The summed E-state index contributed by atoms with van der Waals surface area (Å²) < 4.78 is 6.58. The highest BCUT2D eigenvalue weighted by Crippen LogP contribution is 2.29. The van der Waals surface area contributed by atoms with E-state index >= 15 is 0 Å². The number of aromatic nitrogens is 2. The zero-order valence-corrected chi connectivity index (χ0v) is 13.9. The van der Waals surface area contributed by atoms with Crippen LogP contribution in [0.5, 0.6) is 0 Å². The van der Waals surface area contributed by atoms with Gasteiger partial charge >= 0.3 is 0 Å². The molecular weight excluding hydrogens is 322 g/mol. The minimum absolute atomic E-state index is 0.0685. The number of benzene rings is 1. The first-order valence-corrected chi connectivity index (χ1v) is 8.88. The normalized spacial score (nSPS) is 17.2.